The first-order valence-corrected chi connectivity index (χ1v) is 18.4. The van der Waals surface area contributed by atoms with Gasteiger partial charge in [0.05, 0.1) is 25.4 Å². The van der Waals surface area contributed by atoms with Gasteiger partial charge in [-0.05, 0) is 83.6 Å². The summed E-state index contributed by atoms with van der Waals surface area (Å²) in [5.74, 6) is 1.50. The van der Waals surface area contributed by atoms with Crippen LogP contribution in [-0.2, 0) is 22.6 Å². The molecule has 0 saturated carbocycles. The van der Waals surface area contributed by atoms with E-state index in [1.54, 1.807) is 0 Å². The van der Waals surface area contributed by atoms with E-state index in [9.17, 15) is 15.0 Å². The van der Waals surface area contributed by atoms with Gasteiger partial charge in [0.25, 0.3) is 0 Å². The number of rotatable bonds is 12. The van der Waals surface area contributed by atoms with Crippen LogP contribution in [0.15, 0.2) is 127 Å². The number of nitrogens with zero attached hydrogens (tertiary/aromatic N) is 1. The second-order valence-electron chi connectivity index (χ2n) is 13.8. The molecule has 4 N–H and O–H groups in total. The van der Waals surface area contributed by atoms with Crippen LogP contribution in [0, 0.1) is 5.92 Å². The number of urea groups is 1. The van der Waals surface area contributed by atoms with Crippen LogP contribution in [0.3, 0.4) is 0 Å². The van der Waals surface area contributed by atoms with E-state index >= 15 is 0 Å². The van der Waals surface area contributed by atoms with E-state index < -0.39 is 6.29 Å². The molecule has 0 aromatic heterocycles. The first-order valence-electron chi connectivity index (χ1n) is 18.4. The van der Waals surface area contributed by atoms with Crippen LogP contribution in [0.4, 0.5) is 10.5 Å². The summed E-state index contributed by atoms with van der Waals surface area (Å²) >= 11 is 0. The third kappa shape index (κ3) is 8.96. The molecular formula is C44H47N3O6. The van der Waals surface area contributed by atoms with E-state index in [1.165, 1.54) is 0 Å². The first kappa shape index (κ1) is 36.3. The lowest BCUT2D eigenvalue weighted by Gasteiger charge is -2.43. The summed E-state index contributed by atoms with van der Waals surface area (Å²) in [4.78, 5) is 15.2. The number of hydrogen-bond acceptors (Lipinski definition) is 7. The maximum atomic E-state index is 12.9. The van der Waals surface area contributed by atoms with Gasteiger partial charge < -0.3 is 35.1 Å². The number of aliphatic hydroxyl groups excluding tert-OH is 2. The van der Waals surface area contributed by atoms with Crippen molar-refractivity contribution in [3.63, 3.8) is 0 Å². The van der Waals surface area contributed by atoms with E-state index in [4.69, 9.17) is 14.2 Å². The largest absolute Gasteiger partial charge is 0.457 e. The molecular weight excluding hydrogens is 666 g/mol. The zero-order valence-electron chi connectivity index (χ0n) is 29.9. The molecule has 7 rings (SSSR count). The molecule has 5 atom stereocenters. The van der Waals surface area contributed by atoms with Crippen LogP contribution in [0.5, 0.6) is 11.5 Å². The second-order valence-corrected chi connectivity index (χ2v) is 13.8. The fourth-order valence-corrected chi connectivity index (χ4v) is 7.26. The van der Waals surface area contributed by atoms with Gasteiger partial charge in [-0.1, -0.05) is 97.9 Å². The van der Waals surface area contributed by atoms with E-state index in [2.05, 4.69) is 40.7 Å². The van der Waals surface area contributed by atoms with Gasteiger partial charge in [0.1, 0.15) is 11.5 Å². The molecule has 0 radical (unpaired) electrons. The van der Waals surface area contributed by atoms with Gasteiger partial charge in [-0.3, -0.25) is 4.90 Å². The van der Waals surface area contributed by atoms with Gasteiger partial charge in [-0.2, -0.15) is 0 Å². The van der Waals surface area contributed by atoms with Crippen LogP contribution in [0.1, 0.15) is 54.4 Å². The molecule has 0 aliphatic carbocycles. The Balaban J connectivity index is 1.02. The summed E-state index contributed by atoms with van der Waals surface area (Å²) in [5.41, 5.74) is 6.49. The maximum Gasteiger partial charge on any atom is 0.319 e. The molecule has 274 valence electrons. The molecule has 0 unspecified atom stereocenters. The minimum absolute atomic E-state index is 0.00749. The van der Waals surface area contributed by atoms with Crippen molar-refractivity contribution < 1.29 is 29.2 Å². The molecule has 2 heterocycles. The number of amides is 2. The van der Waals surface area contributed by atoms with Crippen molar-refractivity contribution in [1.82, 2.24) is 10.2 Å². The topological polar surface area (TPSA) is 113 Å². The molecule has 2 aliphatic heterocycles. The van der Waals surface area contributed by atoms with Crippen LogP contribution in [-0.4, -0.2) is 53.0 Å². The lowest BCUT2D eigenvalue weighted by atomic mass is 9.89. The number of nitrogens with one attached hydrogen (secondary N) is 2. The fourth-order valence-electron chi connectivity index (χ4n) is 7.26. The van der Waals surface area contributed by atoms with Crippen molar-refractivity contribution in [2.45, 2.75) is 57.5 Å². The number of ether oxygens (including phenoxy) is 3. The van der Waals surface area contributed by atoms with Crippen molar-refractivity contribution in [3.05, 3.63) is 150 Å². The zero-order valence-corrected chi connectivity index (χ0v) is 29.9. The Bertz CT molecular complexity index is 1920. The average Bonchev–Trinajstić information content (AvgIpc) is 3.66. The van der Waals surface area contributed by atoms with Gasteiger partial charge in [-0.25, -0.2) is 4.79 Å². The predicted octanol–water partition coefficient (Wildman–Crippen LogP) is 8.21. The predicted molar refractivity (Wildman–Crippen MR) is 205 cm³/mol. The molecule has 5 aromatic carbocycles. The maximum absolute atomic E-state index is 12.9. The summed E-state index contributed by atoms with van der Waals surface area (Å²) in [7, 11) is 0. The van der Waals surface area contributed by atoms with Crippen molar-refractivity contribution in [2.24, 2.45) is 5.92 Å². The van der Waals surface area contributed by atoms with Crippen molar-refractivity contribution in [1.29, 1.82) is 0 Å². The highest BCUT2D eigenvalue weighted by molar-refractivity contribution is 5.89. The number of likely N-dealkylation sites (tertiary alicyclic amines) is 1. The average molecular weight is 714 g/mol. The molecule has 53 heavy (non-hydrogen) atoms. The van der Waals surface area contributed by atoms with E-state index in [-0.39, 0.29) is 43.4 Å². The van der Waals surface area contributed by atoms with Crippen LogP contribution < -0.4 is 15.4 Å². The number of carbonyl (C=O) groups is 1. The molecule has 2 fully saturated rings. The van der Waals surface area contributed by atoms with Gasteiger partial charge in [-0.15, -0.1) is 0 Å². The smallest absolute Gasteiger partial charge is 0.319 e. The van der Waals surface area contributed by atoms with Gasteiger partial charge in [0.15, 0.2) is 6.29 Å². The highest BCUT2D eigenvalue weighted by atomic mass is 16.7. The monoisotopic (exact) mass is 713 g/mol. The van der Waals surface area contributed by atoms with Gasteiger partial charge >= 0.3 is 6.03 Å². The van der Waals surface area contributed by atoms with E-state index in [0.29, 0.717) is 18.0 Å². The number of anilines is 1. The number of carbonyl (C=O) groups excluding carboxylic acids is 1. The van der Waals surface area contributed by atoms with E-state index in [0.717, 1.165) is 65.1 Å². The number of para-hydroxylation sites is 1. The van der Waals surface area contributed by atoms with Crippen molar-refractivity contribution >= 4 is 11.7 Å². The summed E-state index contributed by atoms with van der Waals surface area (Å²) < 4.78 is 19.3. The highest BCUT2D eigenvalue weighted by Crippen LogP contribution is 2.42. The third-order valence-corrected chi connectivity index (χ3v) is 10.3. The van der Waals surface area contributed by atoms with Crippen molar-refractivity contribution in [3.8, 4) is 22.6 Å². The Morgan fingerprint density at radius 3 is 2.25 bits per heavy atom. The van der Waals surface area contributed by atoms with Gasteiger partial charge in [0.2, 0.25) is 0 Å². The molecule has 5 aromatic rings. The highest BCUT2D eigenvalue weighted by Gasteiger charge is 2.40. The van der Waals surface area contributed by atoms with Crippen molar-refractivity contribution in [2.75, 3.05) is 25.0 Å². The molecule has 0 spiro atoms. The quantitative estimate of drug-likeness (QED) is 0.103. The lowest BCUT2D eigenvalue weighted by Crippen LogP contribution is -2.46. The number of benzene rings is 5. The Morgan fingerprint density at radius 2 is 1.51 bits per heavy atom. The Morgan fingerprint density at radius 1 is 0.811 bits per heavy atom. The Hall–Kier alpha value is -5.03. The molecule has 0 bridgehead atoms. The molecule has 2 aliphatic rings. The van der Waals surface area contributed by atoms with Crippen LogP contribution in [0.25, 0.3) is 11.1 Å². The van der Waals surface area contributed by atoms with Crippen LogP contribution in [0.2, 0.25) is 0 Å². The normalized spacial score (nSPS) is 21.6. The summed E-state index contributed by atoms with van der Waals surface area (Å²) in [6.45, 7) is 4.32. The SMILES string of the molecule is C[C@@H]1[C@H](CN2CCC[C@H]2CO)O[C@H](c2ccc(-c3ccccc3CNC(=O)Nc3ccc(Oc4ccccc4)cc3)cc2)O[C@@H]1c1ccc(CO)cc1. The summed E-state index contributed by atoms with van der Waals surface area (Å²) in [5, 5.41) is 25.5. The molecule has 9 heteroatoms. The molecule has 2 saturated heterocycles. The minimum Gasteiger partial charge on any atom is -0.457 e. The second kappa shape index (κ2) is 17.2. The summed E-state index contributed by atoms with van der Waals surface area (Å²) in [6.07, 6.45) is 1.16. The lowest BCUT2D eigenvalue weighted by molar-refractivity contribution is -0.276. The summed E-state index contributed by atoms with van der Waals surface area (Å²) in [6, 6.07) is 40.9. The van der Waals surface area contributed by atoms with E-state index in [1.807, 2.05) is 109 Å². The number of aliphatic hydroxyl groups is 2. The molecule has 9 nitrogen and oxygen atoms in total. The zero-order chi connectivity index (χ0) is 36.6. The standard InChI is InChI=1S/C44H47N3O6/c1-30-41(27-47-25-7-9-37(47)29-49)52-43(53-42(30)33-15-13-31(28-48)14-16-33)34-19-17-32(18-20-34)40-12-6-5-8-35(40)26-45-44(50)46-36-21-23-39(24-22-36)51-38-10-3-2-4-11-38/h2-6,8,10-24,30,37,41-43,48-49H,7,9,25-29H2,1H3,(H2,45,46,50)/t30-,37+,41+,42+,43+/m1/s1. The molecule has 2 amide bonds. The van der Waals surface area contributed by atoms with Crippen LogP contribution >= 0.6 is 0 Å². The fraction of sp³-hybridized carbons (Fsp3) is 0.295. The Kier molecular flexibility index (Phi) is 11.8. The first-order chi connectivity index (χ1) is 26.0. The van der Waals surface area contributed by atoms with Gasteiger partial charge in [0, 0.05) is 36.3 Å². The number of hydrogen-bond donors (Lipinski definition) is 4. The third-order valence-electron chi connectivity index (χ3n) is 10.3. The minimum atomic E-state index is -0.581. The Labute approximate surface area is 311 Å².